The first-order chi connectivity index (χ1) is 8.76. The first-order valence-corrected chi connectivity index (χ1v) is 6.99. The highest BCUT2D eigenvalue weighted by Crippen LogP contribution is 2.24. The minimum atomic E-state index is -5.72. The average Bonchev–Trinajstić information content (AvgIpc) is 2.19. The molecule has 0 radical (unpaired) electrons. The van der Waals surface area contributed by atoms with E-state index in [0.717, 1.165) is 0 Å². The van der Waals surface area contributed by atoms with Crippen LogP contribution >= 0.6 is 0 Å². The number of halogens is 2. The maximum atomic E-state index is 12.7. The summed E-state index contributed by atoms with van der Waals surface area (Å²) in [6.07, 6.45) is -1.29. The van der Waals surface area contributed by atoms with Gasteiger partial charge in [0, 0.05) is 6.42 Å². The fraction of sp³-hybridized carbons (Fsp3) is 0.727. The van der Waals surface area contributed by atoms with E-state index < -0.39 is 46.6 Å². The van der Waals surface area contributed by atoms with E-state index in [1.54, 1.807) is 20.8 Å². The second-order valence-corrected chi connectivity index (χ2v) is 6.51. The number of ether oxygens (including phenoxy) is 2. The van der Waals surface area contributed by atoms with E-state index in [2.05, 4.69) is 11.3 Å². The van der Waals surface area contributed by atoms with Crippen molar-refractivity contribution < 1.29 is 36.0 Å². The van der Waals surface area contributed by atoms with E-state index in [1.165, 1.54) is 0 Å². The second-order valence-electron chi connectivity index (χ2n) is 5.00. The molecule has 0 bridgehead atoms. The van der Waals surface area contributed by atoms with E-state index >= 15 is 0 Å². The lowest BCUT2D eigenvalue weighted by Gasteiger charge is -2.21. The van der Waals surface area contributed by atoms with Gasteiger partial charge in [0.1, 0.15) is 5.60 Å². The number of rotatable bonds is 7. The zero-order valence-electron chi connectivity index (χ0n) is 11.4. The van der Waals surface area contributed by atoms with Crippen LogP contribution in [0.2, 0.25) is 0 Å². The van der Waals surface area contributed by atoms with Gasteiger partial charge < -0.3 is 14.0 Å². The second kappa shape index (κ2) is 6.59. The van der Waals surface area contributed by atoms with Crippen LogP contribution in [0, 0.1) is 0 Å². The molecule has 118 valence electrons. The van der Waals surface area contributed by atoms with Crippen molar-refractivity contribution >= 4 is 16.1 Å². The molecule has 0 aliphatic heterocycles. The van der Waals surface area contributed by atoms with Crippen LogP contribution in [-0.2, 0) is 24.4 Å². The minimum Gasteiger partial charge on any atom is -0.743 e. The zero-order valence-corrected chi connectivity index (χ0v) is 12.3. The first kappa shape index (κ1) is 18.9. The van der Waals surface area contributed by atoms with E-state index in [1.807, 2.05) is 0 Å². The Balaban J connectivity index is 4.15. The highest BCUT2D eigenvalue weighted by Gasteiger charge is 2.36. The van der Waals surface area contributed by atoms with Gasteiger partial charge in [0.2, 0.25) is 0 Å². The van der Waals surface area contributed by atoms with Crippen molar-refractivity contribution in [1.82, 2.24) is 0 Å². The molecule has 0 atom stereocenters. The molecule has 6 nitrogen and oxygen atoms in total. The van der Waals surface area contributed by atoms with Gasteiger partial charge in [0.25, 0.3) is 0 Å². The molecule has 0 N–H and O–H groups in total. The van der Waals surface area contributed by atoms with Gasteiger partial charge in [-0.3, -0.25) is 0 Å². The highest BCUT2D eigenvalue weighted by molar-refractivity contribution is 7.86. The van der Waals surface area contributed by atoms with Gasteiger partial charge >= 0.3 is 11.2 Å². The molecule has 0 amide bonds. The Kier molecular flexibility index (Phi) is 6.25. The maximum absolute atomic E-state index is 12.7. The van der Waals surface area contributed by atoms with Crippen molar-refractivity contribution in [1.29, 1.82) is 0 Å². The van der Waals surface area contributed by atoms with Crippen LogP contribution in [0.5, 0.6) is 0 Å². The van der Waals surface area contributed by atoms with Gasteiger partial charge in [-0.1, -0.05) is 6.58 Å². The van der Waals surface area contributed by atoms with Crippen molar-refractivity contribution in [3.05, 3.63) is 12.2 Å². The number of carbonyl (C=O) groups excluding carboxylic acids is 1. The topological polar surface area (TPSA) is 92.7 Å². The number of hydrogen-bond donors (Lipinski definition) is 0. The molecular weight excluding hydrogens is 298 g/mol. The summed E-state index contributed by atoms with van der Waals surface area (Å²) >= 11 is 0. The predicted molar refractivity (Wildman–Crippen MR) is 65.1 cm³/mol. The lowest BCUT2D eigenvalue weighted by Crippen LogP contribution is -2.30. The summed E-state index contributed by atoms with van der Waals surface area (Å²) in [5.74, 6) is -0.749. The van der Waals surface area contributed by atoms with Crippen molar-refractivity contribution in [2.24, 2.45) is 0 Å². The lowest BCUT2D eigenvalue weighted by atomic mass is 10.2. The molecule has 0 fully saturated rings. The first-order valence-electron chi connectivity index (χ1n) is 5.58. The predicted octanol–water partition coefficient (Wildman–Crippen LogP) is 1.43. The fourth-order valence-electron chi connectivity index (χ4n) is 0.921. The third-order valence-corrected chi connectivity index (χ3v) is 2.80. The van der Waals surface area contributed by atoms with Crippen molar-refractivity contribution in [2.45, 2.75) is 38.0 Å². The quantitative estimate of drug-likeness (QED) is 0.305. The van der Waals surface area contributed by atoms with Gasteiger partial charge in [-0.2, -0.15) is 8.78 Å². The SMILES string of the molecule is C=C(COCCC(F)(F)S(=O)(=O)[O-])C(=O)OC(C)(C)C. The summed E-state index contributed by atoms with van der Waals surface area (Å²) in [7, 11) is -5.72. The standard InChI is InChI=1S/C11H18F2O6S/c1-8(9(14)19-10(2,3)4)7-18-6-5-11(12,13)20(15,16)17/h1,5-7H2,2-4H3,(H,15,16,17)/p-1. The van der Waals surface area contributed by atoms with Crippen molar-refractivity contribution in [2.75, 3.05) is 13.2 Å². The van der Waals surface area contributed by atoms with Gasteiger partial charge in [-0.25, -0.2) is 13.2 Å². The Labute approximate surface area is 116 Å². The molecule has 0 aromatic rings. The van der Waals surface area contributed by atoms with Crippen LogP contribution in [0.1, 0.15) is 27.2 Å². The molecule has 9 heteroatoms. The Morgan fingerprint density at radius 1 is 1.30 bits per heavy atom. The van der Waals surface area contributed by atoms with E-state index in [-0.39, 0.29) is 5.57 Å². The van der Waals surface area contributed by atoms with Gasteiger partial charge in [-0.05, 0) is 20.8 Å². The highest BCUT2D eigenvalue weighted by atomic mass is 32.2. The van der Waals surface area contributed by atoms with Gasteiger partial charge in [0.15, 0.2) is 10.1 Å². The summed E-state index contributed by atoms with van der Waals surface area (Å²) in [5, 5.41) is -4.40. The largest absolute Gasteiger partial charge is 0.743 e. The normalized spacial score (nSPS) is 13.1. The van der Waals surface area contributed by atoms with Gasteiger partial charge in [-0.15, -0.1) is 0 Å². The zero-order chi connectivity index (χ0) is 16.2. The number of esters is 1. The van der Waals surface area contributed by atoms with Crippen molar-refractivity contribution in [3.8, 4) is 0 Å². The van der Waals surface area contributed by atoms with Crippen LogP contribution in [-0.4, -0.2) is 43.0 Å². The lowest BCUT2D eigenvalue weighted by molar-refractivity contribution is -0.150. The van der Waals surface area contributed by atoms with Crippen LogP contribution in [0.4, 0.5) is 8.78 Å². The summed E-state index contributed by atoms with van der Waals surface area (Å²) in [6, 6.07) is 0. The maximum Gasteiger partial charge on any atom is 0.336 e. The van der Waals surface area contributed by atoms with E-state index in [0.29, 0.717) is 0 Å². The molecule has 0 saturated heterocycles. The Hall–Kier alpha value is -1.06. The smallest absolute Gasteiger partial charge is 0.336 e. The molecule has 0 aliphatic rings. The summed E-state index contributed by atoms with van der Waals surface area (Å²) in [5.41, 5.74) is -0.836. The summed E-state index contributed by atoms with van der Waals surface area (Å²) in [6.45, 7) is 7.16. The Morgan fingerprint density at radius 2 is 1.80 bits per heavy atom. The molecule has 0 aliphatic carbocycles. The Bertz CT molecular complexity index is 464. The van der Waals surface area contributed by atoms with E-state index in [9.17, 15) is 26.5 Å². The molecule has 0 aromatic carbocycles. The molecule has 0 spiro atoms. The molecule has 0 rings (SSSR count). The molecular formula is C11H17F2O6S-. The van der Waals surface area contributed by atoms with Crippen molar-refractivity contribution in [3.63, 3.8) is 0 Å². The third kappa shape index (κ3) is 6.92. The monoisotopic (exact) mass is 315 g/mol. The molecule has 0 unspecified atom stereocenters. The van der Waals surface area contributed by atoms with Crippen LogP contribution < -0.4 is 0 Å². The fourth-order valence-corrected chi connectivity index (χ4v) is 1.25. The van der Waals surface area contributed by atoms with Gasteiger partial charge in [0.05, 0.1) is 18.8 Å². The third-order valence-electron chi connectivity index (χ3n) is 1.87. The van der Waals surface area contributed by atoms with Crippen LogP contribution in [0.25, 0.3) is 0 Å². The molecule has 0 saturated carbocycles. The Morgan fingerprint density at radius 3 is 2.20 bits per heavy atom. The van der Waals surface area contributed by atoms with Crippen LogP contribution in [0.15, 0.2) is 12.2 Å². The molecule has 0 aromatic heterocycles. The number of carbonyl (C=O) groups is 1. The average molecular weight is 315 g/mol. The number of hydrogen-bond acceptors (Lipinski definition) is 6. The van der Waals surface area contributed by atoms with E-state index in [4.69, 9.17) is 4.74 Å². The summed E-state index contributed by atoms with van der Waals surface area (Å²) < 4.78 is 65.7. The van der Waals surface area contributed by atoms with Crippen LogP contribution in [0.3, 0.4) is 0 Å². The molecule has 20 heavy (non-hydrogen) atoms. The molecule has 0 heterocycles. The number of alkyl halides is 2. The summed E-state index contributed by atoms with van der Waals surface area (Å²) in [4.78, 5) is 11.4. The minimum absolute atomic E-state index is 0.103.